The molecule has 0 saturated carbocycles. The average molecular weight is 462 g/mol. The van der Waals surface area contributed by atoms with Crippen molar-refractivity contribution in [3.05, 3.63) is 76.0 Å². The van der Waals surface area contributed by atoms with Gasteiger partial charge in [-0.3, -0.25) is 0 Å². The summed E-state index contributed by atoms with van der Waals surface area (Å²) in [6.07, 6.45) is 12.4. The van der Waals surface area contributed by atoms with Crippen LogP contribution < -0.4 is 9.64 Å². The van der Waals surface area contributed by atoms with E-state index in [4.69, 9.17) is 16.3 Å². The lowest BCUT2D eigenvalue weighted by molar-refractivity contribution is -0.849. The van der Waals surface area contributed by atoms with Crippen molar-refractivity contribution in [1.82, 2.24) is 4.90 Å². The Morgan fingerprint density at radius 1 is 1.16 bits per heavy atom. The van der Waals surface area contributed by atoms with Gasteiger partial charge < -0.3 is 24.4 Å². The van der Waals surface area contributed by atoms with E-state index in [-0.39, 0.29) is 18.4 Å². The summed E-state index contributed by atoms with van der Waals surface area (Å²) < 4.78 is 5.92. The van der Waals surface area contributed by atoms with E-state index in [1.165, 1.54) is 19.3 Å². The van der Waals surface area contributed by atoms with E-state index in [9.17, 15) is 5.21 Å². The zero-order chi connectivity index (χ0) is 20.7. The third-order valence-electron chi connectivity index (χ3n) is 6.60. The number of benzene rings is 1. The monoisotopic (exact) mass is 461 g/mol. The standard InChI is InChI=1S/C24H28ClN3O2.ClH/c1-26-17-22-24(30-23-9-4-3-8-20(23)26)19-11-10-18(25)16-21(19)28(22,29)15-7-14-27-12-5-2-6-13-27;/h3-4,8-11,16-17,21H,2,5-7,12-15H2,1H3;1H. The van der Waals surface area contributed by atoms with Crippen LogP contribution in [0.4, 0.5) is 5.69 Å². The minimum Gasteiger partial charge on any atom is -0.627 e. The highest BCUT2D eigenvalue weighted by molar-refractivity contribution is 6.31. The first-order valence-electron chi connectivity index (χ1n) is 10.9. The lowest BCUT2D eigenvalue weighted by Crippen LogP contribution is -2.48. The van der Waals surface area contributed by atoms with E-state index in [1.54, 1.807) is 0 Å². The number of halogens is 2. The third kappa shape index (κ3) is 4.06. The molecule has 5 rings (SSSR count). The van der Waals surface area contributed by atoms with Crippen molar-refractivity contribution < 1.29 is 9.38 Å². The van der Waals surface area contributed by atoms with E-state index >= 15 is 0 Å². The number of para-hydroxylation sites is 2. The second-order valence-corrected chi connectivity index (χ2v) is 9.02. The number of anilines is 1. The van der Waals surface area contributed by atoms with Crippen LogP contribution in [0, 0.1) is 5.21 Å². The number of hydrogen-bond donors (Lipinski definition) is 0. The van der Waals surface area contributed by atoms with Gasteiger partial charge in [-0.25, -0.2) is 0 Å². The van der Waals surface area contributed by atoms with Gasteiger partial charge >= 0.3 is 0 Å². The maximum atomic E-state index is 14.4. The number of allylic oxidation sites excluding steroid dienone is 2. The predicted octanol–water partition coefficient (Wildman–Crippen LogP) is 5.30. The zero-order valence-electron chi connectivity index (χ0n) is 17.8. The van der Waals surface area contributed by atoms with Crippen LogP contribution in [0.3, 0.4) is 0 Å². The molecule has 0 amide bonds. The van der Waals surface area contributed by atoms with E-state index in [2.05, 4.69) is 4.90 Å². The highest BCUT2D eigenvalue weighted by Crippen LogP contribution is 2.47. The third-order valence-corrected chi connectivity index (χ3v) is 6.85. The number of hydroxylamine groups is 3. The number of fused-ring (bicyclic) bond motifs is 3. The zero-order valence-corrected chi connectivity index (χ0v) is 19.4. The van der Waals surface area contributed by atoms with E-state index in [1.807, 2.05) is 60.6 Å². The molecule has 7 heteroatoms. The molecule has 31 heavy (non-hydrogen) atoms. The van der Waals surface area contributed by atoms with Crippen LogP contribution in [-0.2, 0) is 0 Å². The van der Waals surface area contributed by atoms with E-state index in [0.29, 0.717) is 23.0 Å². The predicted molar refractivity (Wildman–Crippen MR) is 128 cm³/mol. The molecule has 166 valence electrons. The first kappa shape index (κ1) is 22.4. The SMILES string of the molecule is CN1C=C2C(=C3C=CC(Cl)=CC3[N+]2([O-])CCCN2CCCCC2)Oc2ccccc21.Cl. The first-order valence-corrected chi connectivity index (χ1v) is 11.3. The van der Waals surface area contributed by atoms with Gasteiger partial charge in [-0.2, -0.15) is 0 Å². The van der Waals surface area contributed by atoms with Gasteiger partial charge in [0.15, 0.2) is 17.2 Å². The fourth-order valence-corrected chi connectivity index (χ4v) is 5.21. The summed E-state index contributed by atoms with van der Waals surface area (Å²) in [6.45, 7) is 3.77. The summed E-state index contributed by atoms with van der Waals surface area (Å²) in [5.74, 6) is 1.45. The molecule has 4 aliphatic rings. The maximum absolute atomic E-state index is 14.4. The Labute approximate surface area is 195 Å². The van der Waals surface area contributed by atoms with Crippen LogP contribution in [0.1, 0.15) is 25.7 Å². The smallest absolute Gasteiger partial charge is 0.199 e. The number of rotatable bonds is 4. The van der Waals surface area contributed by atoms with Gasteiger partial charge in [-0.1, -0.05) is 30.2 Å². The van der Waals surface area contributed by atoms with Gasteiger partial charge in [0.2, 0.25) is 0 Å². The summed E-state index contributed by atoms with van der Waals surface area (Å²) >= 11 is 6.33. The molecule has 0 radical (unpaired) electrons. The van der Waals surface area contributed by atoms with Crippen LogP contribution in [0.15, 0.2) is 70.8 Å². The number of nitrogens with zero attached hydrogens (tertiary/aromatic N) is 3. The highest BCUT2D eigenvalue weighted by atomic mass is 35.5. The minimum absolute atomic E-state index is 0. The molecule has 1 saturated heterocycles. The molecule has 2 unspecified atom stereocenters. The van der Waals surface area contributed by atoms with Crippen molar-refractivity contribution in [1.29, 1.82) is 0 Å². The Morgan fingerprint density at radius 2 is 1.94 bits per heavy atom. The van der Waals surface area contributed by atoms with Crippen molar-refractivity contribution >= 4 is 29.7 Å². The summed E-state index contributed by atoms with van der Waals surface area (Å²) in [4.78, 5) is 4.49. The highest BCUT2D eigenvalue weighted by Gasteiger charge is 2.48. The van der Waals surface area contributed by atoms with Crippen LogP contribution >= 0.6 is 24.0 Å². The molecule has 1 aromatic rings. The average Bonchev–Trinajstić information content (AvgIpc) is 2.87. The molecule has 1 aliphatic carbocycles. The molecular formula is C24H29Cl2N3O2. The molecule has 3 heterocycles. The summed E-state index contributed by atoms with van der Waals surface area (Å²) in [5.41, 5.74) is 2.56. The molecule has 0 aromatic heterocycles. The van der Waals surface area contributed by atoms with Crippen LogP contribution in [0.25, 0.3) is 0 Å². The van der Waals surface area contributed by atoms with Crippen LogP contribution in [0.2, 0.25) is 0 Å². The van der Waals surface area contributed by atoms with Crippen molar-refractivity contribution in [3.63, 3.8) is 0 Å². The van der Waals surface area contributed by atoms with Crippen molar-refractivity contribution in [3.8, 4) is 5.75 Å². The minimum atomic E-state index is -0.447. The van der Waals surface area contributed by atoms with Gasteiger partial charge in [0.05, 0.1) is 24.0 Å². The fraction of sp³-hybridized carbons (Fsp3) is 0.417. The van der Waals surface area contributed by atoms with Gasteiger partial charge in [-0.15, -0.1) is 12.4 Å². The number of ether oxygens (including phenoxy) is 1. The largest absolute Gasteiger partial charge is 0.627 e. The quantitative estimate of drug-likeness (QED) is 0.450. The molecule has 3 aliphatic heterocycles. The Kier molecular flexibility index (Phi) is 6.52. The summed E-state index contributed by atoms with van der Waals surface area (Å²) in [6, 6.07) is 7.55. The molecular weight excluding hydrogens is 433 g/mol. The normalized spacial score (nSPS) is 27.3. The van der Waals surface area contributed by atoms with Gasteiger partial charge in [-0.05, 0) is 56.3 Å². The molecule has 0 bridgehead atoms. The van der Waals surface area contributed by atoms with E-state index in [0.717, 1.165) is 43.1 Å². The fourth-order valence-electron chi connectivity index (χ4n) is 5.03. The lowest BCUT2D eigenvalue weighted by atomic mass is 10.0. The Balaban J connectivity index is 0.00000231. The second-order valence-electron chi connectivity index (χ2n) is 8.58. The molecule has 0 spiro atoms. The van der Waals surface area contributed by atoms with Gasteiger partial charge in [0.1, 0.15) is 6.04 Å². The molecule has 1 aromatic carbocycles. The van der Waals surface area contributed by atoms with Crippen LogP contribution in [-0.4, -0.2) is 48.8 Å². The van der Waals surface area contributed by atoms with Crippen molar-refractivity contribution in [2.75, 3.05) is 38.1 Å². The Morgan fingerprint density at radius 3 is 2.74 bits per heavy atom. The van der Waals surface area contributed by atoms with E-state index < -0.39 is 4.65 Å². The van der Waals surface area contributed by atoms with Gasteiger partial charge in [0.25, 0.3) is 0 Å². The van der Waals surface area contributed by atoms with Crippen molar-refractivity contribution in [2.24, 2.45) is 0 Å². The maximum Gasteiger partial charge on any atom is 0.199 e. The number of quaternary nitrogens is 1. The first-order chi connectivity index (χ1) is 14.6. The van der Waals surface area contributed by atoms with Crippen LogP contribution in [0.5, 0.6) is 5.75 Å². The lowest BCUT2D eigenvalue weighted by Gasteiger charge is -2.45. The Hall–Kier alpha value is -1.76. The summed E-state index contributed by atoms with van der Waals surface area (Å²) in [7, 11) is 1.97. The number of hydrogen-bond acceptors (Lipinski definition) is 4. The topological polar surface area (TPSA) is 38.8 Å². The Bertz CT molecular complexity index is 965. The summed E-state index contributed by atoms with van der Waals surface area (Å²) in [5, 5.41) is 15.1. The number of piperidine rings is 1. The second kappa shape index (κ2) is 9.00. The van der Waals surface area contributed by atoms with Gasteiger partial charge in [0, 0.05) is 25.0 Å². The molecule has 1 fully saturated rings. The molecule has 5 nitrogen and oxygen atoms in total. The molecule has 0 N–H and O–H groups in total. The molecule has 2 atom stereocenters. The number of likely N-dealkylation sites (tertiary alicyclic amines) is 1. The van der Waals surface area contributed by atoms with Crippen molar-refractivity contribution in [2.45, 2.75) is 31.7 Å².